The van der Waals surface area contributed by atoms with Crippen molar-refractivity contribution in [3.05, 3.63) is 12.2 Å². The van der Waals surface area contributed by atoms with Crippen LogP contribution in [0.15, 0.2) is 12.2 Å². The van der Waals surface area contributed by atoms with Crippen LogP contribution in [0.1, 0.15) is 12.8 Å². The number of likely N-dealkylation sites (tertiary alicyclic amines) is 1. The van der Waals surface area contributed by atoms with Crippen LogP contribution in [0.4, 0.5) is 0 Å². The quantitative estimate of drug-likeness (QED) is 0.653. The Balaban J connectivity index is 2.38. The fourth-order valence-electron chi connectivity index (χ4n) is 2.08. The zero-order chi connectivity index (χ0) is 10.6. The van der Waals surface area contributed by atoms with Crippen LogP contribution in [-0.4, -0.2) is 56.1 Å². The van der Waals surface area contributed by atoms with E-state index >= 15 is 0 Å². The van der Waals surface area contributed by atoms with Crippen molar-refractivity contribution >= 4 is 0 Å². The van der Waals surface area contributed by atoms with Gasteiger partial charge in [-0.2, -0.15) is 0 Å². The molecule has 1 fully saturated rings. The number of nitrogens with zero attached hydrogens (tertiary/aromatic N) is 2. The molecule has 0 spiro atoms. The highest BCUT2D eigenvalue weighted by Gasteiger charge is 2.24. The second-order valence-corrected chi connectivity index (χ2v) is 4.48. The summed E-state index contributed by atoms with van der Waals surface area (Å²) >= 11 is 0. The molecule has 1 saturated heterocycles. The van der Waals surface area contributed by atoms with Crippen LogP contribution in [0.2, 0.25) is 0 Å². The van der Waals surface area contributed by atoms with E-state index in [2.05, 4.69) is 30.5 Å². The summed E-state index contributed by atoms with van der Waals surface area (Å²) in [6.07, 6.45) is 2.63. The van der Waals surface area contributed by atoms with Gasteiger partial charge in [0.05, 0.1) is 0 Å². The minimum Gasteiger partial charge on any atom is -0.327 e. The number of likely N-dealkylation sites (N-methyl/N-ethyl adjacent to an activating group) is 1. The van der Waals surface area contributed by atoms with Gasteiger partial charge in [-0.1, -0.05) is 6.58 Å². The monoisotopic (exact) mass is 197 g/mol. The maximum atomic E-state index is 5.56. The maximum Gasteiger partial charge on any atom is 0.0226 e. The Hall–Kier alpha value is -0.380. The molecule has 82 valence electrons. The third kappa shape index (κ3) is 3.40. The van der Waals surface area contributed by atoms with E-state index in [1.54, 1.807) is 0 Å². The van der Waals surface area contributed by atoms with Crippen LogP contribution in [0.25, 0.3) is 0 Å². The zero-order valence-electron chi connectivity index (χ0n) is 9.50. The molecule has 1 rings (SSSR count). The normalized spacial score (nSPS) is 23.3. The molecule has 0 amide bonds. The number of hydrogen-bond acceptors (Lipinski definition) is 3. The molecule has 0 saturated carbocycles. The molecular weight excluding hydrogens is 174 g/mol. The Morgan fingerprint density at radius 1 is 1.57 bits per heavy atom. The van der Waals surface area contributed by atoms with Gasteiger partial charge in [-0.15, -0.1) is 0 Å². The fourth-order valence-corrected chi connectivity index (χ4v) is 2.08. The predicted octanol–water partition coefficient (Wildman–Crippen LogP) is 0.527. The third-order valence-corrected chi connectivity index (χ3v) is 2.79. The largest absolute Gasteiger partial charge is 0.327 e. The summed E-state index contributed by atoms with van der Waals surface area (Å²) in [7, 11) is 4.27. The highest BCUT2D eigenvalue weighted by atomic mass is 15.2. The van der Waals surface area contributed by atoms with Gasteiger partial charge >= 0.3 is 0 Å². The van der Waals surface area contributed by atoms with E-state index in [1.807, 2.05) is 0 Å². The standard InChI is InChI=1S/C11H23N3/c1-10(7-12)8-14-6-4-5-11(14)9-13(2)3/h11H,1,4-9,12H2,2-3H3. The molecule has 1 aliphatic heterocycles. The van der Waals surface area contributed by atoms with Crippen LogP contribution >= 0.6 is 0 Å². The molecule has 2 N–H and O–H groups in total. The minimum absolute atomic E-state index is 0.616. The van der Waals surface area contributed by atoms with Crippen LogP contribution in [0, 0.1) is 0 Å². The van der Waals surface area contributed by atoms with Crippen molar-refractivity contribution in [1.29, 1.82) is 0 Å². The van der Waals surface area contributed by atoms with Crippen molar-refractivity contribution in [3.63, 3.8) is 0 Å². The van der Waals surface area contributed by atoms with E-state index in [9.17, 15) is 0 Å². The smallest absolute Gasteiger partial charge is 0.0226 e. The molecule has 3 heteroatoms. The lowest BCUT2D eigenvalue weighted by Crippen LogP contribution is -2.39. The average molecular weight is 197 g/mol. The first kappa shape index (κ1) is 11.7. The second-order valence-electron chi connectivity index (χ2n) is 4.48. The summed E-state index contributed by atoms with van der Waals surface area (Å²) in [6, 6.07) is 0.702. The molecule has 0 radical (unpaired) electrons. The van der Waals surface area contributed by atoms with E-state index < -0.39 is 0 Å². The Labute approximate surface area is 87.6 Å². The van der Waals surface area contributed by atoms with Crippen LogP contribution in [0.5, 0.6) is 0 Å². The van der Waals surface area contributed by atoms with E-state index in [-0.39, 0.29) is 0 Å². The topological polar surface area (TPSA) is 32.5 Å². The van der Waals surface area contributed by atoms with E-state index in [1.165, 1.54) is 19.4 Å². The van der Waals surface area contributed by atoms with E-state index in [0.717, 1.165) is 18.7 Å². The van der Waals surface area contributed by atoms with Crippen molar-refractivity contribution in [3.8, 4) is 0 Å². The van der Waals surface area contributed by atoms with Gasteiger partial charge in [-0.05, 0) is 39.1 Å². The molecular formula is C11H23N3. The van der Waals surface area contributed by atoms with E-state index in [4.69, 9.17) is 5.73 Å². The second kappa shape index (κ2) is 5.49. The van der Waals surface area contributed by atoms with E-state index in [0.29, 0.717) is 12.6 Å². The summed E-state index contributed by atoms with van der Waals surface area (Å²) in [6.45, 7) is 7.92. The zero-order valence-corrected chi connectivity index (χ0v) is 9.50. The summed E-state index contributed by atoms with van der Waals surface area (Å²) < 4.78 is 0. The SMILES string of the molecule is C=C(CN)CN1CCCC1CN(C)C. The average Bonchev–Trinajstić information content (AvgIpc) is 2.52. The lowest BCUT2D eigenvalue weighted by molar-refractivity contribution is 0.221. The molecule has 0 aromatic carbocycles. The molecule has 1 unspecified atom stereocenters. The fraction of sp³-hybridized carbons (Fsp3) is 0.818. The maximum absolute atomic E-state index is 5.56. The van der Waals surface area contributed by atoms with Crippen molar-refractivity contribution in [1.82, 2.24) is 9.80 Å². The van der Waals surface area contributed by atoms with Gasteiger partial charge in [0.25, 0.3) is 0 Å². The Morgan fingerprint density at radius 2 is 2.29 bits per heavy atom. The van der Waals surface area contributed by atoms with Gasteiger partial charge in [0.1, 0.15) is 0 Å². The predicted molar refractivity (Wildman–Crippen MR) is 61.3 cm³/mol. The van der Waals surface area contributed by atoms with Gasteiger partial charge in [-0.25, -0.2) is 0 Å². The van der Waals surface area contributed by atoms with Crippen LogP contribution in [-0.2, 0) is 0 Å². The van der Waals surface area contributed by atoms with Crippen molar-refractivity contribution in [2.24, 2.45) is 5.73 Å². The first-order chi connectivity index (χ1) is 6.63. The lowest BCUT2D eigenvalue weighted by Gasteiger charge is -2.27. The van der Waals surface area contributed by atoms with Gasteiger partial charge in [-0.3, -0.25) is 4.90 Å². The van der Waals surface area contributed by atoms with Crippen molar-refractivity contribution in [2.75, 3.05) is 40.3 Å². The Bertz CT molecular complexity index is 189. The lowest BCUT2D eigenvalue weighted by atomic mass is 10.2. The first-order valence-electron chi connectivity index (χ1n) is 5.39. The van der Waals surface area contributed by atoms with Gasteiger partial charge in [0.15, 0.2) is 0 Å². The molecule has 14 heavy (non-hydrogen) atoms. The Morgan fingerprint density at radius 3 is 2.86 bits per heavy atom. The molecule has 1 heterocycles. The summed E-state index contributed by atoms with van der Waals surface area (Å²) in [5, 5.41) is 0. The highest BCUT2D eigenvalue weighted by molar-refractivity contribution is 5.01. The summed E-state index contributed by atoms with van der Waals surface area (Å²) in [4.78, 5) is 4.77. The summed E-state index contributed by atoms with van der Waals surface area (Å²) in [5.41, 5.74) is 6.71. The number of rotatable bonds is 5. The van der Waals surface area contributed by atoms with Gasteiger partial charge in [0.2, 0.25) is 0 Å². The molecule has 1 atom stereocenters. The molecule has 3 nitrogen and oxygen atoms in total. The first-order valence-corrected chi connectivity index (χ1v) is 5.39. The molecule has 0 bridgehead atoms. The molecule has 0 aromatic heterocycles. The van der Waals surface area contributed by atoms with Crippen molar-refractivity contribution < 1.29 is 0 Å². The number of nitrogens with two attached hydrogens (primary N) is 1. The molecule has 0 aliphatic carbocycles. The van der Waals surface area contributed by atoms with Crippen LogP contribution < -0.4 is 5.73 Å². The van der Waals surface area contributed by atoms with Crippen LogP contribution in [0.3, 0.4) is 0 Å². The molecule has 0 aromatic rings. The third-order valence-electron chi connectivity index (χ3n) is 2.79. The molecule has 1 aliphatic rings. The Kier molecular flexibility index (Phi) is 4.58. The van der Waals surface area contributed by atoms with Crippen molar-refractivity contribution in [2.45, 2.75) is 18.9 Å². The van der Waals surface area contributed by atoms with Gasteiger partial charge in [0, 0.05) is 25.7 Å². The highest BCUT2D eigenvalue weighted by Crippen LogP contribution is 2.18. The summed E-state index contributed by atoms with van der Waals surface area (Å²) in [5.74, 6) is 0. The van der Waals surface area contributed by atoms with Gasteiger partial charge < -0.3 is 10.6 Å². The minimum atomic E-state index is 0.616. The number of hydrogen-bond donors (Lipinski definition) is 1.